The Bertz CT molecular complexity index is 1720. The summed E-state index contributed by atoms with van der Waals surface area (Å²) < 4.78 is 92.5. The Hall–Kier alpha value is -3.71. The second-order valence-corrected chi connectivity index (χ2v) is 14.8. The van der Waals surface area contributed by atoms with Crippen LogP contribution in [0, 0.1) is 20.2 Å². The van der Waals surface area contributed by atoms with E-state index in [-0.39, 0.29) is 48.9 Å². The van der Waals surface area contributed by atoms with E-state index in [1.165, 1.54) is 20.8 Å². The number of nitro groups is 2. The fraction of sp³-hybridized carbons (Fsp3) is 0.552. The zero-order valence-corrected chi connectivity index (χ0v) is 28.3. The standard InChI is InChI=1S/C29H44N6O10S2/c1-5-32(46(41,42)26-14-10-24(11-15-26)34(37)38)22-8-20-30-18-6-7-19-31-21-9-23-33(28(36)45-29(2,3)4)47(43,44)27-16-12-25(13-17-27)35(39)40/h10-17,30-31H,5-9,18-23H2,1-4H3/i20D2,21D2. The van der Waals surface area contributed by atoms with Gasteiger partial charge in [0.15, 0.2) is 0 Å². The van der Waals surface area contributed by atoms with Crippen LogP contribution in [0.25, 0.3) is 0 Å². The summed E-state index contributed by atoms with van der Waals surface area (Å²) in [5.41, 5.74) is -1.70. The zero-order chi connectivity index (χ0) is 38.8. The summed E-state index contributed by atoms with van der Waals surface area (Å²) in [4.78, 5) is 32.8. The molecule has 0 saturated heterocycles. The quantitative estimate of drug-likeness (QED) is 0.114. The first-order valence-electron chi connectivity index (χ1n) is 16.7. The van der Waals surface area contributed by atoms with Crippen LogP contribution >= 0.6 is 0 Å². The predicted octanol–water partition coefficient (Wildman–Crippen LogP) is 3.88. The van der Waals surface area contributed by atoms with Crippen LogP contribution in [-0.2, 0) is 24.8 Å². The predicted molar refractivity (Wildman–Crippen MR) is 175 cm³/mol. The van der Waals surface area contributed by atoms with Crippen LogP contribution in [0.5, 0.6) is 0 Å². The number of benzene rings is 2. The molecule has 0 atom stereocenters. The second kappa shape index (κ2) is 18.0. The fourth-order valence-electron chi connectivity index (χ4n) is 3.95. The van der Waals surface area contributed by atoms with Gasteiger partial charge in [0, 0.05) is 49.4 Å². The van der Waals surface area contributed by atoms with Crippen LogP contribution in [0.2, 0.25) is 0 Å². The number of amides is 1. The van der Waals surface area contributed by atoms with Crippen molar-refractivity contribution in [2.75, 3.05) is 45.7 Å². The first-order chi connectivity index (χ1) is 23.4. The van der Waals surface area contributed by atoms with Crippen molar-refractivity contribution in [2.45, 2.75) is 68.8 Å². The highest BCUT2D eigenvalue weighted by Gasteiger charge is 2.33. The summed E-state index contributed by atoms with van der Waals surface area (Å²) in [6.07, 6.45) is -1.17. The molecule has 2 aromatic rings. The maximum Gasteiger partial charge on any atom is 0.424 e. The summed E-state index contributed by atoms with van der Waals surface area (Å²) in [5.74, 6) is 0. The van der Waals surface area contributed by atoms with Crippen molar-refractivity contribution in [1.82, 2.24) is 19.2 Å². The largest absolute Gasteiger partial charge is 0.443 e. The lowest BCUT2D eigenvalue weighted by atomic mass is 10.2. The number of nitrogens with one attached hydrogen (secondary N) is 2. The van der Waals surface area contributed by atoms with Gasteiger partial charge >= 0.3 is 6.09 Å². The number of sulfonamides is 2. The number of hydrogen-bond acceptors (Lipinski definition) is 12. The van der Waals surface area contributed by atoms with Gasteiger partial charge in [0.25, 0.3) is 21.4 Å². The molecule has 47 heavy (non-hydrogen) atoms. The number of unbranched alkanes of at least 4 members (excludes halogenated alkanes) is 1. The van der Waals surface area contributed by atoms with Crippen molar-refractivity contribution < 1.29 is 41.7 Å². The van der Waals surface area contributed by atoms with E-state index in [0.29, 0.717) is 17.1 Å². The summed E-state index contributed by atoms with van der Waals surface area (Å²) >= 11 is 0. The number of non-ortho nitro benzene ring substituents is 2. The Morgan fingerprint density at radius 2 is 1.21 bits per heavy atom. The molecule has 16 nitrogen and oxygen atoms in total. The van der Waals surface area contributed by atoms with Crippen LogP contribution in [0.15, 0.2) is 58.3 Å². The van der Waals surface area contributed by atoms with Crippen molar-refractivity contribution in [3.8, 4) is 0 Å². The van der Waals surface area contributed by atoms with Gasteiger partial charge in [-0.15, -0.1) is 0 Å². The van der Waals surface area contributed by atoms with Gasteiger partial charge in [0.1, 0.15) is 5.60 Å². The average Bonchev–Trinajstić information content (AvgIpc) is 3.02. The molecule has 2 rings (SSSR count). The Morgan fingerprint density at radius 1 is 0.787 bits per heavy atom. The van der Waals surface area contributed by atoms with Crippen molar-refractivity contribution in [3.63, 3.8) is 0 Å². The Morgan fingerprint density at radius 3 is 1.62 bits per heavy atom. The molecule has 18 heteroatoms. The minimum absolute atomic E-state index is 0.0432. The van der Waals surface area contributed by atoms with Crippen LogP contribution in [0.1, 0.15) is 58.9 Å². The summed E-state index contributed by atoms with van der Waals surface area (Å²) in [6, 6.07) is 8.29. The molecule has 0 unspecified atom stereocenters. The zero-order valence-electron chi connectivity index (χ0n) is 30.7. The normalized spacial score (nSPS) is 14.1. The lowest BCUT2D eigenvalue weighted by Gasteiger charge is -2.27. The number of hydrogen-bond donors (Lipinski definition) is 2. The van der Waals surface area contributed by atoms with Crippen LogP contribution in [0.3, 0.4) is 0 Å². The van der Waals surface area contributed by atoms with E-state index in [4.69, 9.17) is 10.2 Å². The molecule has 0 bridgehead atoms. The molecule has 2 N–H and O–H groups in total. The maximum atomic E-state index is 13.3. The summed E-state index contributed by atoms with van der Waals surface area (Å²) in [5, 5.41) is 27.2. The van der Waals surface area contributed by atoms with Gasteiger partial charge in [-0.1, -0.05) is 6.92 Å². The highest BCUT2D eigenvalue weighted by molar-refractivity contribution is 7.89. The van der Waals surface area contributed by atoms with Crippen molar-refractivity contribution >= 4 is 37.5 Å². The monoisotopic (exact) mass is 704 g/mol. The molecule has 0 saturated carbocycles. The molecule has 0 aromatic heterocycles. The summed E-state index contributed by atoms with van der Waals surface area (Å²) in [7, 11) is -8.61. The third-order valence-corrected chi connectivity index (χ3v) is 10.1. The van der Waals surface area contributed by atoms with Gasteiger partial charge in [-0.25, -0.2) is 25.9 Å². The first kappa shape index (κ1) is 33.2. The van der Waals surface area contributed by atoms with Gasteiger partial charge in [-0.05, 0) is 96.8 Å². The molecule has 2 aromatic carbocycles. The van der Waals surface area contributed by atoms with E-state index >= 15 is 0 Å². The highest BCUT2D eigenvalue weighted by atomic mass is 32.2. The molecule has 0 aliphatic rings. The Kier molecular flexibility index (Phi) is 12.7. The van der Waals surface area contributed by atoms with Crippen molar-refractivity contribution in [1.29, 1.82) is 0 Å². The van der Waals surface area contributed by atoms with E-state index < -0.39 is 72.4 Å². The molecule has 0 fully saturated rings. The van der Waals surface area contributed by atoms with E-state index in [1.54, 1.807) is 6.92 Å². The lowest BCUT2D eigenvalue weighted by Crippen LogP contribution is -2.42. The lowest BCUT2D eigenvalue weighted by molar-refractivity contribution is -0.385. The number of nitro benzene ring substituents is 2. The van der Waals surface area contributed by atoms with Gasteiger partial charge in [-0.2, -0.15) is 4.31 Å². The molecule has 262 valence electrons. The van der Waals surface area contributed by atoms with Gasteiger partial charge in [0.2, 0.25) is 10.0 Å². The number of nitrogens with zero attached hydrogens (tertiary/aromatic N) is 4. The molecular formula is C29H44N6O10S2. The third kappa shape index (κ3) is 12.4. The number of carbonyl (C=O) groups excluding carboxylic acids is 1. The van der Waals surface area contributed by atoms with E-state index in [9.17, 15) is 41.9 Å². The van der Waals surface area contributed by atoms with E-state index in [1.807, 2.05) is 0 Å². The van der Waals surface area contributed by atoms with Gasteiger partial charge in [0.05, 0.1) is 19.6 Å². The molecule has 1 amide bonds. The fourth-order valence-corrected chi connectivity index (χ4v) is 6.69. The number of ether oxygens (including phenoxy) is 1. The number of carbonyl (C=O) groups is 1. The van der Waals surface area contributed by atoms with Gasteiger partial charge < -0.3 is 15.4 Å². The van der Waals surface area contributed by atoms with Crippen LogP contribution < -0.4 is 10.6 Å². The molecule has 0 aliphatic carbocycles. The van der Waals surface area contributed by atoms with Crippen LogP contribution in [-0.4, -0.2) is 92.7 Å². The number of rotatable bonds is 20. The minimum Gasteiger partial charge on any atom is -0.443 e. The maximum absolute atomic E-state index is 13.3. The van der Waals surface area contributed by atoms with E-state index in [2.05, 4.69) is 10.6 Å². The molecule has 0 spiro atoms. The topological polar surface area (TPSA) is 211 Å². The third-order valence-electron chi connectivity index (χ3n) is 6.30. The van der Waals surface area contributed by atoms with Crippen LogP contribution in [0.4, 0.5) is 16.2 Å². The Labute approximate surface area is 281 Å². The SMILES string of the molecule is [2H]C([2H])(CCN(CC)S(=O)(=O)c1ccc([N+](=O)[O-])cc1)NCCCCNC([2H])([2H])CCN(C(=O)OC(C)(C)C)S(=O)(=O)c1ccc([N+](=O)[O-])cc1. The minimum atomic E-state index is -4.58. The average molecular weight is 705 g/mol. The first-order valence-corrected chi connectivity index (χ1v) is 17.5. The molecule has 0 aliphatic heterocycles. The molecule has 0 heterocycles. The van der Waals surface area contributed by atoms with Crippen molar-refractivity contribution in [3.05, 3.63) is 68.8 Å². The second-order valence-electron chi connectivity index (χ2n) is 11.0. The Balaban J connectivity index is 1.91. The van der Waals surface area contributed by atoms with Gasteiger partial charge in [-0.3, -0.25) is 20.2 Å². The van der Waals surface area contributed by atoms with Crippen molar-refractivity contribution in [2.24, 2.45) is 0 Å². The molecule has 0 radical (unpaired) electrons. The van der Waals surface area contributed by atoms with E-state index in [0.717, 1.165) is 52.8 Å². The summed E-state index contributed by atoms with van der Waals surface area (Å²) in [6.45, 7) is 1.59. The smallest absolute Gasteiger partial charge is 0.424 e. The molecular weight excluding hydrogens is 656 g/mol. The highest BCUT2D eigenvalue weighted by Crippen LogP contribution is 2.23.